The number of rotatable bonds is 3. The van der Waals surface area contributed by atoms with E-state index in [9.17, 15) is 4.79 Å². The average Bonchev–Trinajstić information content (AvgIpc) is 2.82. The van der Waals surface area contributed by atoms with Gasteiger partial charge in [0.15, 0.2) is 0 Å². The predicted octanol–water partition coefficient (Wildman–Crippen LogP) is 3.29. The number of carbonyl (C=O) groups excluding carboxylic acids is 1. The number of hydrogen-bond acceptors (Lipinski definition) is 1. The Morgan fingerprint density at radius 2 is 2.20 bits per heavy atom. The van der Waals surface area contributed by atoms with Crippen molar-refractivity contribution < 1.29 is 4.79 Å². The second kappa shape index (κ2) is 5.49. The minimum absolute atomic E-state index is 0.122. The zero-order valence-electron chi connectivity index (χ0n) is 11.6. The molecule has 1 aliphatic carbocycles. The Bertz CT molecular complexity index is 645. The fraction of sp³-hybridized carbons (Fsp3) is 0.438. The molecule has 0 spiro atoms. The van der Waals surface area contributed by atoms with Gasteiger partial charge in [0.05, 0.1) is 0 Å². The molecule has 3 nitrogen and oxygen atoms in total. The lowest BCUT2D eigenvalue weighted by molar-refractivity contribution is -0.120. The lowest BCUT2D eigenvalue weighted by atomic mass is 9.95. The van der Waals surface area contributed by atoms with Gasteiger partial charge in [-0.2, -0.15) is 0 Å². The van der Waals surface area contributed by atoms with Crippen molar-refractivity contribution in [3.8, 4) is 0 Å². The molecule has 1 amide bonds. The number of H-pyrrole nitrogens is 1. The van der Waals surface area contributed by atoms with Gasteiger partial charge in [0, 0.05) is 23.1 Å². The molecule has 1 aromatic heterocycles. The highest BCUT2D eigenvalue weighted by atomic mass is 35.5. The van der Waals surface area contributed by atoms with Crippen LogP contribution in [-0.2, 0) is 24.2 Å². The van der Waals surface area contributed by atoms with Crippen LogP contribution < -0.4 is 5.32 Å². The molecule has 0 bridgehead atoms. The predicted molar refractivity (Wildman–Crippen MR) is 82.1 cm³/mol. The molecule has 2 N–H and O–H groups in total. The van der Waals surface area contributed by atoms with Gasteiger partial charge < -0.3 is 10.3 Å². The molecular formula is C16H19ClN2O. The quantitative estimate of drug-likeness (QED) is 0.837. The highest BCUT2D eigenvalue weighted by Gasteiger charge is 2.15. The van der Waals surface area contributed by atoms with Gasteiger partial charge in [0.25, 0.3) is 0 Å². The number of aryl methyl sites for hydroxylation is 2. The van der Waals surface area contributed by atoms with Gasteiger partial charge in [-0.15, -0.1) is 11.6 Å². The van der Waals surface area contributed by atoms with Crippen LogP contribution >= 0.6 is 11.6 Å². The first kappa shape index (κ1) is 13.5. The Morgan fingerprint density at radius 1 is 1.40 bits per heavy atom. The molecule has 0 aliphatic heterocycles. The summed E-state index contributed by atoms with van der Waals surface area (Å²) in [6, 6.07) is 6.36. The topological polar surface area (TPSA) is 44.9 Å². The number of carbonyl (C=O) groups is 1. The van der Waals surface area contributed by atoms with E-state index in [1.807, 2.05) is 0 Å². The Hall–Kier alpha value is -1.48. The fourth-order valence-corrected chi connectivity index (χ4v) is 2.97. The van der Waals surface area contributed by atoms with Gasteiger partial charge in [-0.05, 0) is 55.9 Å². The molecule has 1 atom stereocenters. The van der Waals surface area contributed by atoms with Crippen molar-refractivity contribution in [1.82, 2.24) is 10.3 Å². The van der Waals surface area contributed by atoms with Crippen LogP contribution in [-0.4, -0.2) is 16.3 Å². The first-order valence-corrected chi connectivity index (χ1v) is 7.63. The van der Waals surface area contributed by atoms with Gasteiger partial charge in [0.1, 0.15) is 5.38 Å². The van der Waals surface area contributed by atoms with Crippen LogP contribution in [0.3, 0.4) is 0 Å². The molecule has 106 valence electrons. The molecule has 0 saturated heterocycles. The lowest BCUT2D eigenvalue weighted by Crippen LogP contribution is -2.28. The third kappa shape index (κ3) is 2.55. The van der Waals surface area contributed by atoms with Crippen molar-refractivity contribution in [3.05, 3.63) is 35.0 Å². The molecule has 0 radical (unpaired) electrons. The minimum Gasteiger partial charge on any atom is -0.358 e. The maximum absolute atomic E-state index is 11.5. The van der Waals surface area contributed by atoms with Crippen LogP contribution in [0.1, 0.15) is 36.6 Å². The minimum atomic E-state index is -0.487. The van der Waals surface area contributed by atoms with Crippen LogP contribution in [0.25, 0.3) is 10.9 Å². The molecule has 0 unspecified atom stereocenters. The van der Waals surface area contributed by atoms with Crippen LogP contribution in [0.15, 0.2) is 18.2 Å². The summed E-state index contributed by atoms with van der Waals surface area (Å²) >= 11 is 5.75. The molecule has 2 aromatic rings. The van der Waals surface area contributed by atoms with E-state index in [4.69, 9.17) is 11.6 Å². The number of fused-ring (bicyclic) bond motifs is 3. The molecular weight excluding hydrogens is 272 g/mol. The molecule has 4 heteroatoms. The summed E-state index contributed by atoms with van der Waals surface area (Å²) in [6.07, 6.45) is 4.85. The number of aromatic nitrogens is 1. The first-order chi connectivity index (χ1) is 9.65. The van der Waals surface area contributed by atoms with Gasteiger partial charge in [0.2, 0.25) is 5.91 Å². The molecule has 0 saturated carbocycles. The van der Waals surface area contributed by atoms with E-state index in [1.165, 1.54) is 35.0 Å². The second-order valence-corrected chi connectivity index (χ2v) is 6.16. The number of aromatic amines is 1. The normalized spacial score (nSPS) is 15.9. The zero-order valence-corrected chi connectivity index (χ0v) is 12.4. The van der Waals surface area contributed by atoms with Crippen molar-refractivity contribution >= 4 is 28.4 Å². The summed E-state index contributed by atoms with van der Waals surface area (Å²) in [5.41, 5.74) is 5.18. The van der Waals surface area contributed by atoms with Gasteiger partial charge >= 0.3 is 0 Å². The SMILES string of the molecule is C[C@@H](Cl)C(=O)NCc1ccc2[nH]c3c(c2c1)CCCC3. The Morgan fingerprint density at radius 3 is 3.00 bits per heavy atom. The van der Waals surface area contributed by atoms with E-state index >= 15 is 0 Å². The number of benzene rings is 1. The van der Waals surface area contributed by atoms with E-state index < -0.39 is 5.38 Å². The summed E-state index contributed by atoms with van der Waals surface area (Å²) in [4.78, 5) is 15.0. The van der Waals surface area contributed by atoms with Crippen LogP contribution in [0.5, 0.6) is 0 Å². The standard InChI is InChI=1S/C16H19ClN2O/c1-10(17)16(20)18-9-11-6-7-15-13(8-11)12-4-2-3-5-14(12)19-15/h6-8,10,19H,2-5,9H2,1H3,(H,18,20)/t10-/m1/s1. The fourth-order valence-electron chi connectivity index (χ4n) is 2.89. The van der Waals surface area contributed by atoms with Gasteiger partial charge in [-0.25, -0.2) is 0 Å². The summed E-state index contributed by atoms with van der Waals surface area (Å²) in [6.45, 7) is 2.22. The van der Waals surface area contributed by atoms with Crippen molar-refractivity contribution in [2.75, 3.05) is 0 Å². The largest absolute Gasteiger partial charge is 0.358 e. The highest BCUT2D eigenvalue weighted by molar-refractivity contribution is 6.30. The molecule has 1 aliphatic rings. The van der Waals surface area contributed by atoms with E-state index in [2.05, 4.69) is 28.5 Å². The van der Waals surface area contributed by atoms with Crippen molar-refractivity contribution in [1.29, 1.82) is 0 Å². The number of nitrogens with one attached hydrogen (secondary N) is 2. The number of halogens is 1. The van der Waals surface area contributed by atoms with Crippen molar-refractivity contribution in [2.45, 2.75) is 44.5 Å². The third-order valence-electron chi connectivity index (χ3n) is 3.99. The number of amides is 1. The molecule has 0 fully saturated rings. The maximum atomic E-state index is 11.5. The van der Waals surface area contributed by atoms with Crippen molar-refractivity contribution in [3.63, 3.8) is 0 Å². The zero-order chi connectivity index (χ0) is 14.1. The van der Waals surface area contributed by atoms with Crippen LogP contribution in [0, 0.1) is 0 Å². The smallest absolute Gasteiger partial charge is 0.238 e. The molecule has 1 heterocycles. The third-order valence-corrected chi connectivity index (χ3v) is 4.19. The lowest BCUT2D eigenvalue weighted by Gasteiger charge is -2.11. The van der Waals surface area contributed by atoms with Crippen LogP contribution in [0.2, 0.25) is 0 Å². The molecule has 1 aromatic carbocycles. The summed E-state index contributed by atoms with van der Waals surface area (Å²) < 4.78 is 0. The summed E-state index contributed by atoms with van der Waals surface area (Å²) in [5, 5.41) is 3.68. The molecule has 3 rings (SSSR count). The highest BCUT2D eigenvalue weighted by Crippen LogP contribution is 2.29. The Labute approximate surface area is 123 Å². The second-order valence-electron chi connectivity index (χ2n) is 5.50. The Kier molecular flexibility index (Phi) is 3.70. The maximum Gasteiger partial charge on any atom is 0.238 e. The number of hydrogen-bond donors (Lipinski definition) is 2. The molecule has 20 heavy (non-hydrogen) atoms. The van der Waals surface area contributed by atoms with Gasteiger partial charge in [-0.3, -0.25) is 4.79 Å². The first-order valence-electron chi connectivity index (χ1n) is 7.19. The van der Waals surface area contributed by atoms with E-state index in [-0.39, 0.29) is 5.91 Å². The van der Waals surface area contributed by atoms with Crippen LogP contribution in [0.4, 0.5) is 0 Å². The van der Waals surface area contributed by atoms with E-state index in [1.54, 1.807) is 6.92 Å². The van der Waals surface area contributed by atoms with Gasteiger partial charge in [-0.1, -0.05) is 6.07 Å². The van der Waals surface area contributed by atoms with E-state index in [0.29, 0.717) is 6.54 Å². The van der Waals surface area contributed by atoms with Crippen molar-refractivity contribution in [2.24, 2.45) is 0 Å². The van der Waals surface area contributed by atoms with E-state index in [0.717, 1.165) is 18.4 Å². The number of alkyl halides is 1. The monoisotopic (exact) mass is 290 g/mol. The summed E-state index contributed by atoms with van der Waals surface area (Å²) in [5.74, 6) is -0.122. The average molecular weight is 291 g/mol. The Balaban J connectivity index is 1.84. The summed E-state index contributed by atoms with van der Waals surface area (Å²) in [7, 11) is 0.